The zero-order chi connectivity index (χ0) is 22.9. The van der Waals surface area contributed by atoms with Crippen LogP contribution in [-0.2, 0) is 6.42 Å². The number of aromatic hydroxyl groups is 1. The summed E-state index contributed by atoms with van der Waals surface area (Å²) >= 11 is 0. The molecule has 1 saturated heterocycles. The average molecular weight is 456 g/mol. The number of halogens is 1. The van der Waals surface area contributed by atoms with Crippen molar-refractivity contribution < 1.29 is 14.6 Å². The summed E-state index contributed by atoms with van der Waals surface area (Å²) in [6, 6.07) is 5.00. The number of aromatic amines is 1. The third kappa shape index (κ3) is 4.33. The van der Waals surface area contributed by atoms with Crippen molar-refractivity contribution in [3.63, 3.8) is 0 Å². The Kier molecular flexibility index (Phi) is 6.51. The van der Waals surface area contributed by atoms with Crippen molar-refractivity contribution in [1.82, 2.24) is 25.7 Å². The fraction of sp³-hybridized carbons (Fsp3) is 0.560. The van der Waals surface area contributed by atoms with Gasteiger partial charge in [0.25, 0.3) is 0 Å². The fourth-order valence-corrected chi connectivity index (χ4v) is 5.84. The van der Waals surface area contributed by atoms with Gasteiger partial charge in [0.2, 0.25) is 0 Å². The van der Waals surface area contributed by atoms with Crippen molar-refractivity contribution >= 4 is 5.57 Å². The van der Waals surface area contributed by atoms with Crippen LogP contribution in [0.15, 0.2) is 30.5 Å². The minimum atomic E-state index is -1.01. The molecule has 5 unspecified atom stereocenters. The van der Waals surface area contributed by atoms with Gasteiger partial charge in [-0.1, -0.05) is 19.1 Å². The summed E-state index contributed by atoms with van der Waals surface area (Å²) in [6.07, 6.45) is 6.32. The number of phenols is 1. The average Bonchev–Trinajstić information content (AvgIpc) is 3.57. The summed E-state index contributed by atoms with van der Waals surface area (Å²) < 4.78 is 15.8. The molecule has 8 heteroatoms. The summed E-state index contributed by atoms with van der Waals surface area (Å²) in [7, 11) is 0. The number of alkyl halides is 1. The molecule has 1 aliphatic carbocycles. The Morgan fingerprint density at radius 1 is 1.24 bits per heavy atom. The number of hydrogen-bond donors (Lipinski definition) is 5. The first-order valence-electron chi connectivity index (χ1n) is 12.1. The Morgan fingerprint density at radius 2 is 2.12 bits per heavy atom. The third-order valence-corrected chi connectivity index (χ3v) is 7.60. The molecule has 1 aromatic heterocycles. The number of H-pyrrole nitrogens is 1. The van der Waals surface area contributed by atoms with Gasteiger partial charge < -0.3 is 15.2 Å². The molecule has 33 heavy (non-hydrogen) atoms. The largest absolute Gasteiger partial charge is 0.508 e. The lowest BCUT2D eigenvalue weighted by atomic mass is 9.71. The molecule has 7 nitrogen and oxygen atoms in total. The quantitative estimate of drug-likeness (QED) is 0.441. The molecular weight excluding hydrogens is 421 g/mol. The van der Waals surface area contributed by atoms with Crippen LogP contribution in [0.4, 0.5) is 4.39 Å². The molecule has 178 valence electrons. The van der Waals surface area contributed by atoms with Gasteiger partial charge in [-0.15, -0.1) is 0 Å². The van der Waals surface area contributed by atoms with E-state index in [-0.39, 0.29) is 36.3 Å². The number of nitrogens with zero attached hydrogens (tertiary/aromatic N) is 2. The minimum absolute atomic E-state index is 0.0547. The van der Waals surface area contributed by atoms with Crippen LogP contribution in [0.1, 0.15) is 60.8 Å². The number of hydrogen-bond acceptors (Lipinski definition) is 6. The number of phenolic OH excluding ortho intramolecular Hbond substituents is 1. The van der Waals surface area contributed by atoms with Gasteiger partial charge in [0, 0.05) is 38.1 Å². The molecule has 0 amide bonds. The molecule has 0 spiro atoms. The van der Waals surface area contributed by atoms with E-state index in [0.717, 1.165) is 68.0 Å². The van der Waals surface area contributed by atoms with Crippen LogP contribution in [0, 0.1) is 5.92 Å². The number of aryl methyl sites for hydroxylation is 1. The molecule has 2 aromatic rings. The van der Waals surface area contributed by atoms with E-state index in [1.165, 1.54) is 5.57 Å². The maximum absolute atomic E-state index is 15.8. The zero-order valence-electron chi connectivity index (χ0n) is 19.1. The van der Waals surface area contributed by atoms with E-state index >= 15 is 4.39 Å². The lowest BCUT2D eigenvalue weighted by Gasteiger charge is -2.36. The maximum Gasteiger partial charge on any atom is 0.125 e. The van der Waals surface area contributed by atoms with Crippen molar-refractivity contribution in [1.29, 1.82) is 0 Å². The van der Waals surface area contributed by atoms with Crippen molar-refractivity contribution in [2.75, 3.05) is 26.2 Å². The number of nitrogens with one attached hydrogen (secondary N) is 3. The molecule has 3 aliphatic rings. The van der Waals surface area contributed by atoms with E-state index in [1.807, 2.05) is 19.2 Å². The van der Waals surface area contributed by atoms with Crippen LogP contribution in [0.3, 0.4) is 0 Å². The van der Waals surface area contributed by atoms with E-state index in [4.69, 9.17) is 5.11 Å². The third-order valence-electron chi connectivity index (χ3n) is 7.60. The molecule has 3 heterocycles. The predicted octanol–water partition coefficient (Wildman–Crippen LogP) is 2.81. The van der Waals surface area contributed by atoms with Gasteiger partial charge >= 0.3 is 0 Å². The van der Waals surface area contributed by atoms with Gasteiger partial charge in [-0.2, -0.15) is 0 Å². The lowest BCUT2D eigenvalue weighted by molar-refractivity contribution is 0.135. The fourth-order valence-electron chi connectivity index (χ4n) is 5.84. The summed E-state index contributed by atoms with van der Waals surface area (Å²) in [5.41, 5.74) is 10.8. The second-order valence-corrected chi connectivity index (χ2v) is 9.54. The first-order valence-corrected chi connectivity index (χ1v) is 12.1. The number of fused-ring (bicyclic) bond motifs is 1. The summed E-state index contributed by atoms with van der Waals surface area (Å²) in [4.78, 5) is 10.4. The minimum Gasteiger partial charge on any atom is -0.508 e. The van der Waals surface area contributed by atoms with E-state index in [2.05, 4.69) is 31.8 Å². The van der Waals surface area contributed by atoms with Gasteiger partial charge in [0.05, 0.1) is 24.0 Å². The van der Waals surface area contributed by atoms with Crippen LogP contribution >= 0.6 is 0 Å². The molecule has 0 bridgehead atoms. The second kappa shape index (κ2) is 9.54. The molecule has 0 radical (unpaired) electrons. The van der Waals surface area contributed by atoms with E-state index in [9.17, 15) is 5.11 Å². The van der Waals surface area contributed by atoms with Crippen LogP contribution in [0.2, 0.25) is 0 Å². The first-order chi connectivity index (χ1) is 16.1. The number of hydrazine groups is 1. The van der Waals surface area contributed by atoms with Crippen molar-refractivity contribution in [2.24, 2.45) is 5.92 Å². The van der Waals surface area contributed by atoms with E-state index in [1.54, 1.807) is 12.1 Å². The summed E-state index contributed by atoms with van der Waals surface area (Å²) in [6.45, 7) is 4.88. The highest BCUT2D eigenvalue weighted by Gasteiger charge is 2.48. The number of aliphatic hydroxyl groups is 1. The maximum atomic E-state index is 15.8. The van der Waals surface area contributed by atoms with E-state index in [0.29, 0.717) is 0 Å². The van der Waals surface area contributed by atoms with Crippen LogP contribution in [-0.4, -0.2) is 63.5 Å². The first kappa shape index (κ1) is 22.5. The Bertz CT molecular complexity index is 1010. The molecule has 1 saturated carbocycles. The monoisotopic (exact) mass is 455 g/mol. The second-order valence-electron chi connectivity index (χ2n) is 9.54. The number of aromatic nitrogens is 2. The van der Waals surface area contributed by atoms with E-state index < -0.39 is 6.17 Å². The zero-order valence-corrected chi connectivity index (χ0v) is 19.1. The van der Waals surface area contributed by atoms with Crippen molar-refractivity contribution in [2.45, 2.75) is 56.8 Å². The van der Waals surface area contributed by atoms with Crippen LogP contribution in [0.25, 0.3) is 5.57 Å². The van der Waals surface area contributed by atoms with Gasteiger partial charge in [-0.3, -0.25) is 10.3 Å². The molecule has 1 aromatic carbocycles. The SMILES string of the molecule is CCc1cc(O)ccc1C1CCC2C(c3ncc(C4=CCN(CCCO)C4)[nH]3)NNC2C1F. The Balaban J connectivity index is 1.27. The standard InChI is InChI=1S/C25H34FN5O2/c1-2-15-12-17(33)4-5-18(15)19-6-7-20-23(22(19)26)29-30-24(20)25-27-13-21(28-25)16-8-10-31(14-16)9-3-11-32/h4-5,8,12-13,19-20,22-24,29-30,32-33H,2-3,6-7,9-11,14H2,1H3,(H,27,28). The molecule has 5 atom stereocenters. The van der Waals surface area contributed by atoms with Gasteiger partial charge in [0.1, 0.15) is 17.7 Å². The topological polar surface area (TPSA) is 96.4 Å². The molecule has 5 N–H and O–H groups in total. The smallest absolute Gasteiger partial charge is 0.125 e. The molecule has 2 aliphatic heterocycles. The van der Waals surface area contributed by atoms with Crippen LogP contribution in [0.5, 0.6) is 5.75 Å². The Hall–Kier alpha value is -2.26. The van der Waals surface area contributed by atoms with Gasteiger partial charge in [0.15, 0.2) is 0 Å². The summed E-state index contributed by atoms with van der Waals surface area (Å²) in [5.74, 6) is 1.04. The number of benzene rings is 1. The number of aliphatic hydroxyl groups excluding tert-OH is 1. The molecule has 5 rings (SSSR count). The van der Waals surface area contributed by atoms with Gasteiger partial charge in [-0.25, -0.2) is 14.8 Å². The highest BCUT2D eigenvalue weighted by molar-refractivity contribution is 5.66. The molecular formula is C25H34FN5O2. The van der Waals surface area contributed by atoms with Crippen molar-refractivity contribution in [3.8, 4) is 5.75 Å². The Labute approximate surface area is 194 Å². The predicted molar refractivity (Wildman–Crippen MR) is 125 cm³/mol. The number of rotatable bonds is 7. The Morgan fingerprint density at radius 3 is 2.94 bits per heavy atom. The molecule has 2 fully saturated rings. The highest BCUT2D eigenvalue weighted by atomic mass is 19.1. The lowest BCUT2D eigenvalue weighted by Crippen LogP contribution is -2.45. The normalized spacial score (nSPS) is 29.9. The highest BCUT2D eigenvalue weighted by Crippen LogP contribution is 2.45. The van der Waals surface area contributed by atoms with Crippen LogP contribution < -0.4 is 10.9 Å². The number of imidazole rings is 1. The summed E-state index contributed by atoms with van der Waals surface area (Å²) in [5, 5.41) is 18.9. The van der Waals surface area contributed by atoms with Crippen molar-refractivity contribution in [3.05, 3.63) is 53.1 Å². The van der Waals surface area contributed by atoms with Gasteiger partial charge in [-0.05, 0) is 54.5 Å².